The molecule has 1 saturated heterocycles. The van der Waals surface area contributed by atoms with Crippen molar-refractivity contribution in [3.8, 4) is 0 Å². The fraction of sp³-hybridized carbons (Fsp3) is 0.500. The van der Waals surface area contributed by atoms with Crippen LogP contribution in [0.3, 0.4) is 0 Å². The van der Waals surface area contributed by atoms with Gasteiger partial charge in [0.25, 0.3) is 0 Å². The molecule has 0 radical (unpaired) electrons. The zero-order valence-electron chi connectivity index (χ0n) is 11.2. The molecule has 0 aliphatic carbocycles. The lowest BCUT2D eigenvalue weighted by Crippen LogP contribution is -2.35. The van der Waals surface area contributed by atoms with Crippen LogP contribution in [0.4, 0.5) is 10.1 Å². The number of halogens is 1. The molecule has 5 heteroatoms. The van der Waals surface area contributed by atoms with Crippen LogP contribution in [0.15, 0.2) is 18.2 Å². The second-order valence-corrected chi connectivity index (χ2v) is 5.47. The van der Waals surface area contributed by atoms with E-state index in [1.54, 1.807) is 26.0 Å². The maximum atomic E-state index is 13.3. The summed E-state index contributed by atoms with van der Waals surface area (Å²) in [4.78, 5) is 13.7. The number of anilines is 1. The van der Waals surface area contributed by atoms with Gasteiger partial charge in [0.2, 0.25) is 5.91 Å². The average Bonchev–Trinajstić information content (AvgIpc) is 2.63. The monoisotopic (exact) mass is 266 g/mol. The molecule has 2 rings (SSSR count). The van der Waals surface area contributed by atoms with Gasteiger partial charge in [-0.25, -0.2) is 4.39 Å². The number of aliphatic hydroxyl groups is 1. The summed E-state index contributed by atoms with van der Waals surface area (Å²) in [7, 11) is 0. The first kappa shape index (κ1) is 14.0. The lowest BCUT2D eigenvalue weighted by atomic mass is 10.1. The minimum absolute atomic E-state index is 0.194. The van der Waals surface area contributed by atoms with E-state index in [0.717, 1.165) is 0 Å². The van der Waals surface area contributed by atoms with Crippen molar-refractivity contribution in [3.05, 3.63) is 29.6 Å². The van der Waals surface area contributed by atoms with Gasteiger partial charge in [0.1, 0.15) is 5.82 Å². The summed E-state index contributed by atoms with van der Waals surface area (Å²) in [5.41, 5.74) is 0.295. The molecule has 0 spiro atoms. The number of rotatable bonds is 3. The van der Waals surface area contributed by atoms with Crippen LogP contribution in [0.2, 0.25) is 0 Å². The fourth-order valence-electron chi connectivity index (χ4n) is 2.25. The summed E-state index contributed by atoms with van der Waals surface area (Å²) < 4.78 is 13.3. The number of benzene rings is 1. The Morgan fingerprint density at radius 2 is 2.32 bits per heavy atom. The summed E-state index contributed by atoms with van der Waals surface area (Å²) in [6.45, 7) is 4.84. The van der Waals surface area contributed by atoms with E-state index in [9.17, 15) is 14.3 Å². The van der Waals surface area contributed by atoms with Crippen LogP contribution in [0.25, 0.3) is 0 Å². The second-order valence-electron chi connectivity index (χ2n) is 5.47. The summed E-state index contributed by atoms with van der Waals surface area (Å²) >= 11 is 0. The molecule has 1 fully saturated rings. The third-order valence-electron chi connectivity index (χ3n) is 3.35. The van der Waals surface area contributed by atoms with E-state index in [0.29, 0.717) is 30.8 Å². The number of hydrogen-bond acceptors (Lipinski definition) is 3. The molecule has 104 valence electrons. The first-order valence-electron chi connectivity index (χ1n) is 6.36. The van der Waals surface area contributed by atoms with Crippen molar-refractivity contribution in [2.45, 2.75) is 25.9 Å². The topological polar surface area (TPSA) is 52.6 Å². The molecule has 0 saturated carbocycles. The van der Waals surface area contributed by atoms with Crippen LogP contribution in [0.5, 0.6) is 0 Å². The number of carbonyl (C=O) groups is 1. The molecule has 1 aliphatic rings. The van der Waals surface area contributed by atoms with Crippen LogP contribution in [0.1, 0.15) is 18.9 Å². The molecule has 1 aliphatic heterocycles. The molecule has 4 nitrogen and oxygen atoms in total. The maximum absolute atomic E-state index is 13.3. The van der Waals surface area contributed by atoms with Gasteiger partial charge in [-0.2, -0.15) is 0 Å². The van der Waals surface area contributed by atoms with Crippen LogP contribution in [-0.4, -0.2) is 41.1 Å². The van der Waals surface area contributed by atoms with Crippen molar-refractivity contribution < 1.29 is 14.3 Å². The Balaban J connectivity index is 1.89. The highest BCUT2D eigenvalue weighted by Crippen LogP contribution is 2.20. The van der Waals surface area contributed by atoms with Gasteiger partial charge in [-0.05, 0) is 38.0 Å². The van der Waals surface area contributed by atoms with Gasteiger partial charge in [-0.1, -0.05) is 6.07 Å². The second kappa shape index (κ2) is 5.27. The Labute approximate surface area is 112 Å². The molecule has 0 aromatic heterocycles. The fourth-order valence-corrected chi connectivity index (χ4v) is 2.25. The van der Waals surface area contributed by atoms with Crippen molar-refractivity contribution >= 4 is 11.6 Å². The zero-order valence-corrected chi connectivity index (χ0v) is 11.2. The number of nitrogens with zero attached hydrogens (tertiary/aromatic N) is 1. The number of likely N-dealkylation sites (tertiary alicyclic amines) is 1. The van der Waals surface area contributed by atoms with E-state index in [1.165, 1.54) is 6.07 Å². The van der Waals surface area contributed by atoms with Crippen LogP contribution < -0.4 is 5.32 Å². The van der Waals surface area contributed by atoms with E-state index in [1.807, 2.05) is 4.90 Å². The minimum atomic E-state index is -0.712. The molecular weight excluding hydrogens is 247 g/mol. The Kier molecular flexibility index (Phi) is 3.87. The quantitative estimate of drug-likeness (QED) is 0.872. The van der Waals surface area contributed by atoms with Gasteiger partial charge in [0, 0.05) is 18.8 Å². The van der Waals surface area contributed by atoms with E-state index in [-0.39, 0.29) is 18.3 Å². The van der Waals surface area contributed by atoms with Gasteiger partial charge in [-0.15, -0.1) is 0 Å². The first-order chi connectivity index (χ1) is 8.85. The third-order valence-corrected chi connectivity index (χ3v) is 3.35. The van der Waals surface area contributed by atoms with E-state index >= 15 is 0 Å². The van der Waals surface area contributed by atoms with E-state index in [2.05, 4.69) is 5.32 Å². The van der Waals surface area contributed by atoms with E-state index in [4.69, 9.17) is 0 Å². The van der Waals surface area contributed by atoms with Gasteiger partial charge in [0.15, 0.2) is 0 Å². The Morgan fingerprint density at radius 1 is 1.58 bits per heavy atom. The van der Waals surface area contributed by atoms with Crippen LogP contribution in [-0.2, 0) is 4.79 Å². The Morgan fingerprint density at radius 3 is 2.89 bits per heavy atom. The number of nitrogens with one attached hydrogen (secondary N) is 1. The third kappa shape index (κ3) is 3.75. The van der Waals surface area contributed by atoms with Crippen LogP contribution in [0, 0.1) is 12.7 Å². The molecule has 1 aromatic carbocycles. The summed E-state index contributed by atoms with van der Waals surface area (Å²) in [6.07, 6.45) is 0.666. The summed E-state index contributed by atoms with van der Waals surface area (Å²) in [6, 6.07) is 4.62. The SMILES string of the molecule is Cc1ccc(NC(=O)CN2CCC(C)(O)C2)cc1F. The standard InChI is InChI=1S/C14H19FN2O2/c1-10-3-4-11(7-12(10)15)16-13(18)8-17-6-5-14(2,19)9-17/h3-4,7,19H,5-6,8-9H2,1-2H3,(H,16,18). The predicted octanol–water partition coefficient (Wildman–Crippen LogP) is 1.53. The molecule has 19 heavy (non-hydrogen) atoms. The van der Waals surface area contributed by atoms with Gasteiger partial charge in [-0.3, -0.25) is 9.69 Å². The van der Waals surface area contributed by atoms with Crippen molar-refractivity contribution in [2.75, 3.05) is 25.0 Å². The summed E-state index contributed by atoms with van der Waals surface area (Å²) in [5, 5.41) is 12.5. The molecule has 1 unspecified atom stereocenters. The Bertz CT molecular complexity index is 488. The highest BCUT2D eigenvalue weighted by molar-refractivity contribution is 5.92. The largest absolute Gasteiger partial charge is 0.389 e. The molecule has 0 bridgehead atoms. The van der Waals surface area contributed by atoms with Crippen molar-refractivity contribution in [3.63, 3.8) is 0 Å². The maximum Gasteiger partial charge on any atom is 0.238 e. The molecule has 2 N–H and O–H groups in total. The number of β-amino-alcohol motifs (C(OH)–C–C–N with tert-alkyl or cyclic N) is 1. The summed E-state index contributed by atoms with van der Waals surface area (Å²) in [5.74, 6) is -0.525. The minimum Gasteiger partial charge on any atom is -0.389 e. The molecule has 1 amide bonds. The van der Waals surface area contributed by atoms with E-state index < -0.39 is 5.60 Å². The number of hydrogen-bond donors (Lipinski definition) is 2. The first-order valence-corrected chi connectivity index (χ1v) is 6.36. The molecule has 1 atom stereocenters. The lowest BCUT2D eigenvalue weighted by Gasteiger charge is -2.18. The van der Waals surface area contributed by atoms with Gasteiger partial charge < -0.3 is 10.4 Å². The Hall–Kier alpha value is -1.46. The normalized spacial score (nSPS) is 23.6. The average molecular weight is 266 g/mol. The number of amides is 1. The molecule has 1 heterocycles. The number of carbonyl (C=O) groups excluding carboxylic acids is 1. The van der Waals surface area contributed by atoms with Gasteiger partial charge >= 0.3 is 0 Å². The predicted molar refractivity (Wildman–Crippen MR) is 71.4 cm³/mol. The number of aryl methyl sites for hydroxylation is 1. The molecular formula is C14H19FN2O2. The highest BCUT2D eigenvalue weighted by Gasteiger charge is 2.31. The zero-order chi connectivity index (χ0) is 14.0. The van der Waals surface area contributed by atoms with Crippen LogP contribution >= 0.6 is 0 Å². The lowest BCUT2D eigenvalue weighted by molar-refractivity contribution is -0.117. The van der Waals surface area contributed by atoms with Crippen molar-refractivity contribution in [2.24, 2.45) is 0 Å². The van der Waals surface area contributed by atoms with Gasteiger partial charge in [0.05, 0.1) is 12.1 Å². The van der Waals surface area contributed by atoms with Crippen molar-refractivity contribution in [1.82, 2.24) is 4.90 Å². The highest BCUT2D eigenvalue weighted by atomic mass is 19.1. The molecule has 1 aromatic rings. The van der Waals surface area contributed by atoms with Crippen molar-refractivity contribution in [1.29, 1.82) is 0 Å². The smallest absolute Gasteiger partial charge is 0.238 e.